The summed E-state index contributed by atoms with van der Waals surface area (Å²) in [5, 5.41) is 341. The third kappa shape index (κ3) is 15.9. The molecular weight excluding hydrogens is 1960 g/mol. The topological polar surface area (TPSA) is 933 Å². The number of hydrogen-bond donors (Lipinski definition) is 30. The molecule has 0 spiro atoms. The van der Waals surface area contributed by atoms with E-state index in [-0.39, 0.29) is 48.5 Å². The van der Waals surface area contributed by atoms with Crippen LogP contribution in [0.2, 0.25) is 0 Å². The van der Waals surface area contributed by atoms with Crippen LogP contribution in [0.25, 0.3) is 33.4 Å². The van der Waals surface area contributed by atoms with Crippen molar-refractivity contribution in [1.82, 2.24) is 0 Å². The molecule has 10 bridgehead atoms. The van der Waals surface area contributed by atoms with Gasteiger partial charge in [-0.15, -0.1) is 0 Å². The molecule has 2 saturated heterocycles. The van der Waals surface area contributed by atoms with E-state index in [0.717, 1.165) is 0 Å². The SMILES string of the molecule is O=C(OCC1OC(OC(=O)c2cc(O)c(O)c(O)c2)C2OC(=O)c3cc(O)c(O)c(O)c3-c3c4cc(c(O)c3O)Oc3c(cc(O)c(O)c3O)C(=O)Oc3cc5c(c(O)c3O)-c3c(cc(O)c(O)c3O)C(=O)OC3C(COC5=O)OC(OC(=O)c5cc(O)c(O)c(O)c5)C5OC(=O)c6cc(O)c(O)c(O)c6-c6c(cc(c(O)c6O)Oc6c(cc(O)c(O)c6O)C(=O)OC1C2OC4=O)C(=O)OC35)c1cc(O)c(O)c(O)c1. The van der Waals surface area contributed by atoms with Crippen molar-refractivity contribution in [3.63, 3.8) is 0 Å². The number of hydrogen-bond acceptors (Lipinski definition) is 56. The van der Waals surface area contributed by atoms with Crippen LogP contribution in [0.4, 0.5) is 0 Å². The van der Waals surface area contributed by atoms with Crippen LogP contribution in [0, 0.1) is 0 Å². The van der Waals surface area contributed by atoms with Crippen molar-refractivity contribution < 1.29 is 277 Å². The van der Waals surface area contributed by atoms with Crippen LogP contribution in [-0.2, 0) is 56.8 Å². The minimum atomic E-state index is -3.23. The number of benzene rings is 11. The maximum Gasteiger partial charge on any atom is 0.347 e. The molecule has 17 rings (SSSR count). The third-order valence-corrected chi connectivity index (χ3v) is 22.8. The van der Waals surface area contributed by atoms with Crippen LogP contribution in [0.3, 0.4) is 0 Å². The van der Waals surface area contributed by atoms with Gasteiger partial charge in [-0.25, -0.2) is 52.7 Å². The summed E-state index contributed by atoms with van der Waals surface area (Å²) in [5.41, 5.74) is -24.9. The molecule has 10 atom stereocenters. The molecule has 0 saturated carbocycles. The lowest BCUT2D eigenvalue weighted by atomic mass is 9.90. The number of phenols is 30. The summed E-state index contributed by atoms with van der Waals surface area (Å²) in [6.07, 6.45) is -30.1. The van der Waals surface area contributed by atoms with Gasteiger partial charge in [-0.2, -0.15) is 0 Å². The minimum absolute atomic E-state index is 0.0182. The zero-order valence-corrected chi connectivity index (χ0v) is 70.8. The third-order valence-electron chi connectivity index (χ3n) is 22.8. The zero-order valence-electron chi connectivity index (χ0n) is 70.8. The highest BCUT2D eigenvalue weighted by atomic mass is 16.8. The van der Waals surface area contributed by atoms with Crippen molar-refractivity contribution in [3.05, 3.63) is 146 Å². The first-order valence-corrected chi connectivity index (χ1v) is 40.2. The Morgan fingerprint density at radius 2 is 0.497 bits per heavy atom. The van der Waals surface area contributed by atoms with Gasteiger partial charge in [-0.1, -0.05) is 0 Å². The van der Waals surface area contributed by atoms with E-state index in [9.17, 15) is 168 Å². The molecule has 750 valence electrons. The molecule has 0 aliphatic carbocycles. The van der Waals surface area contributed by atoms with Crippen LogP contribution in [-0.4, -0.2) is 293 Å². The molecule has 6 aliphatic rings. The fourth-order valence-electron chi connectivity index (χ4n) is 15.8. The Morgan fingerprint density at radius 1 is 0.241 bits per heavy atom. The Morgan fingerprint density at radius 3 is 0.855 bits per heavy atom. The first-order valence-electron chi connectivity index (χ1n) is 40.2. The Bertz CT molecular complexity index is 7570. The summed E-state index contributed by atoms with van der Waals surface area (Å²) in [5.74, 6) is -82.1. The first-order chi connectivity index (χ1) is 68.3. The average molecular weight is 2020 g/mol. The second kappa shape index (κ2) is 35.0. The normalized spacial score (nSPS) is 19.4. The first kappa shape index (κ1) is 95.8. The standard InChI is InChI=1S/C89H58O56/c90-28-1-17(2-29(91)50(28)101)77(120)131-15-42-72-74-76(88(136-42)144-78(121)18-3-30(92)51(102)31(93)4-18)143-83(126)22-9-36(98)55(106)63(114)46(22)48-24(85(128)141-74)13-39(58(109)65(48)116)133-69-26(10-37(99)56(107)67(69)118)86(129)135-41-12-23-47(64(115)60(41)111)44-20(7-34(96)53(104)61(44)112)81(124)138-71-43(16-132-80(23)123)137-89(145-79(122)19-5-32(94)52(103)33(95)6-19)75-73(71)140-84(127)25-14-40(134-70-27(87(130)139-72)11-38(100)57(108)68(70)119)59(110)66(117)49(25)45-21(82(125)142-75)8-35(97)54(105)62(45)113/h1-14,42-43,71-76,88-119H,15-16H2. The van der Waals surface area contributed by atoms with E-state index in [4.69, 9.17) is 71.1 Å². The summed E-state index contributed by atoms with van der Waals surface area (Å²) in [7, 11) is 0. The fraction of sp³-hybridized carbons (Fsp3) is 0.135. The van der Waals surface area contributed by atoms with E-state index in [2.05, 4.69) is 0 Å². The van der Waals surface area contributed by atoms with Gasteiger partial charge in [0, 0.05) is 63.7 Å². The number of ether oxygens (including phenoxy) is 15. The van der Waals surface area contributed by atoms with Crippen molar-refractivity contribution in [3.8, 4) is 235 Å². The van der Waals surface area contributed by atoms with Crippen molar-refractivity contribution in [2.75, 3.05) is 13.2 Å². The van der Waals surface area contributed by atoms with Crippen LogP contribution in [0.15, 0.2) is 84.9 Å². The summed E-state index contributed by atoms with van der Waals surface area (Å²) in [4.78, 5) is 169. The number of phenolic OH excluding ortho intramolecular Hbond substituents is 30. The van der Waals surface area contributed by atoms with E-state index in [1.165, 1.54) is 0 Å². The van der Waals surface area contributed by atoms with Gasteiger partial charge in [-0.3, -0.25) is 0 Å². The zero-order chi connectivity index (χ0) is 105. The molecule has 6 heterocycles. The van der Waals surface area contributed by atoms with Crippen LogP contribution >= 0.6 is 0 Å². The van der Waals surface area contributed by atoms with Crippen molar-refractivity contribution in [2.45, 2.75) is 61.4 Å². The Hall–Kier alpha value is -20.9. The maximum atomic E-state index is 16.2. The van der Waals surface area contributed by atoms with Crippen molar-refractivity contribution >= 4 is 65.7 Å². The van der Waals surface area contributed by atoms with Gasteiger partial charge >= 0.3 is 65.7 Å². The van der Waals surface area contributed by atoms with E-state index in [1.54, 1.807) is 0 Å². The Kier molecular flexibility index (Phi) is 23.1. The number of aromatic hydroxyl groups is 30. The van der Waals surface area contributed by atoms with Gasteiger partial charge in [0.25, 0.3) is 0 Å². The number of carbonyl (C=O) groups excluding carboxylic acids is 11. The largest absolute Gasteiger partial charge is 0.504 e. The molecular formula is C89H58O56. The van der Waals surface area contributed by atoms with Crippen LogP contribution < -0.4 is 14.2 Å². The van der Waals surface area contributed by atoms with Gasteiger partial charge in [-0.05, 0) is 54.6 Å². The molecule has 6 aliphatic heterocycles. The second-order valence-corrected chi connectivity index (χ2v) is 31.5. The van der Waals surface area contributed by atoms with Gasteiger partial charge in [0.1, 0.15) is 36.5 Å². The average Bonchev–Trinajstić information content (AvgIpc) is 1.70. The van der Waals surface area contributed by atoms with Gasteiger partial charge < -0.3 is 224 Å². The predicted molar refractivity (Wildman–Crippen MR) is 447 cm³/mol. The quantitative estimate of drug-likeness (QED) is 0.0443. The Balaban J connectivity index is 0.937. The van der Waals surface area contributed by atoms with Gasteiger partial charge in [0.2, 0.25) is 82.3 Å². The molecule has 30 N–H and O–H groups in total. The lowest BCUT2D eigenvalue weighted by Gasteiger charge is -2.44. The molecule has 2 fully saturated rings. The molecule has 0 amide bonds. The van der Waals surface area contributed by atoms with E-state index < -0.39 is 436 Å². The molecule has 56 heteroatoms. The molecule has 145 heavy (non-hydrogen) atoms. The van der Waals surface area contributed by atoms with Crippen LogP contribution in [0.1, 0.15) is 114 Å². The number of esters is 11. The predicted octanol–water partition coefficient (Wildman–Crippen LogP) is 4.74. The van der Waals surface area contributed by atoms with Crippen molar-refractivity contribution in [2.24, 2.45) is 0 Å². The lowest BCUT2D eigenvalue weighted by Crippen LogP contribution is -2.63. The van der Waals surface area contributed by atoms with Gasteiger partial charge in [0.05, 0.1) is 50.1 Å². The Labute approximate surface area is 795 Å². The van der Waals surface area contributed by atoms with Gasteiger partial charge in [0.15, 0.2) is 168 Å². The molecule has 0 aromatic heterocycles. The second-order valence-electron chi connectivity index (χ2n) is 31.5. The fourth-order valence-corrected chi connectivity index (χ4v) is 15.8. The smallest absolute Gasteiger partial charge is 0.347 e. The lowest BCUT2D eigenvalue weighted by molar-refractivity contribution is -0.283. The molecule has 10 unspecified atom stereocenters. The highest BCUT2D eigenvalue weighted by Crippen LogP contribution is 2.62. The molecule has 11 aromatic carbocycles. The monoisotopic (exact) mass is 2020 g/mol. The minimum Gasteiger partial charge on any atom is -0.504 e. The molecule has 11 aromatic rings. The molecule has 56 nitrogen and oxygen atoms in total. The van der Waals surface area contributed by atoms with E-state index >= 15 is 38.4 Å². The number of fused-ring (bicyclic) bond motifs is 15. The van der Waals surface area contributed by atoms with E-state index in [0.29, 0.717) is 36.4 Å². The van der Waals surface area contributed by atoms with Crippen molar-refractivity contribution in [1.29, 1.82) is 0 Å². The maximum absolute atomic E-state index is 16.2. The highest BCUT2D eigenvalue weighted by Gasteiger charge is 2.59. The van der Waals surface area contributed by atoms with E-state index in [1.807, 2.05) is 0 Å². The molecule has 0 radical (unpaired) electrons. The summed E-state index contributed by atoms with van der Waals surface area (Å²) >= 11 is 0. The number of rotatable bonds is 7. The highest BCUT2D eigenvalue weighted by molar-refractivity contribution is 6.13. The number of carbonyl (C=O) groups is 11. The van der Waals surface area contributed by atoms with Crippen LogP contribution in [0.5, 0.6) is 201 Å². The summed E-state index contributed by atoms with van der Waals surface area (Å²) in [6, 6.07) is 3.14. The summed E-state index contributed by atoms with van der Waals surface area (Å²) in [6.45, 7) is -3.48. The summed E-state index contributed by atoms with van der Waals surface area (Å²) < 4.78 is 86.7.